The van der Waals surface area contributed by atoms with E-state index >= 15 is 0 Å². The molecule has 0 radical (unpaired) electrons. The summed E-state index contributed by atoms with van der Waals surface area (Å²) < 4.78 is 2.79. The van der Waals surface area contributed by atoms with Gasteiger partial charge < -0.3 is 0 Å². The molecule has 3 rings (SSSR count). The topological polar surface area (TPSA) is 0 Å². The van der Waals surface area contributed by atoms with Crippen LogP contribution in [0.2, 0.25) is 0 Å². The minimum atomic E-state index is 1.33. The van der Waals surface area contributed by atoms with Gasteiger partial charge in [-0.25, -0.2) is 0 Å². The summed E-state index contributed by atoms with van der Waals surface area (Å²) in [4.78, 5) is 1.40. The molecule has 0 amide bonds. The number of rotatable bonds is 1. The quantitative estimate of drug-likeness (QED) is 0.531. The lowest BCUT2D eigenvalue weighted by molar-refractivity contribution is 1.69. The van der Waals surface area contributed by atoms with Crippen molar-refractivity contribution in [1.82, 2.24) is 0 Å². The van der Waals surface area contributed by atoms with Crippen LogP contribution in [0.15, 0.2) is 41.1 Å². The maximum atomic E-state index is 2.45. The third-order valence-electron chi connectivity index (χ3n) is 2.31. The van der Waals surface area contributed by atoms with Crippen LogP contribution >= 0.6 is 45.3 Å². The Hall–Kier alpha value is -0.390. The highest BCUT2D eigenvalue weighted by molar-refractivity contribution is 14.1. The second-order valence-corrected chi connectivity index (χ2v) is 6.14. The minimum absolute atomic E-state index is 1.33. The third-order valence-corrected chi connectivity index (χ3v) is 5.89. The molecule has 2 heterocycles. The first kappa shape index (κ1) is 9.81. The first-order valence-electron chi connectivity index (χ1n) is 4.56. The predicted molar refractivity (Wildman–Crippen MR) is 77.9 cm³/mol. The van der Waals surface area contributed by atoms with Gasteiger partial charge in [0.05, 0.1) is 0 Å². The highest BCUT2D eigenvalue weighted by atomic mass is 127. The standard InChI is InChI=1S/C12H7IS2/c13-11-9-6-14-7-10(9)15-12(11)8-4-2-1-3-5-8/h1-7H. The highest BCUT2D eigenvalue weighted by Gasteiger charge is 2.11. The zero-order valence-electron chi connectivity index (χ0n) is 7.74. The Balaban J connectivity index is 2.27. The molecular formula is C12H7IS2. The Kier molecular flexibility index (Phi) is 2.54. The van der Waals surface area contributed by atoms with Crippen LogP contribution in [0, 0.1) is 3.57 Å². The zero-order valence-corrected chi connectivity index (χ0v) is 11.5. The maximum absolute atomic E-state index is 2.45. The van der Waals surface area contributed by atoms with Crippen LogP contribution in [0.25, 0.3) is 20.5 Å². The molecule has 0 aliphatic heterocycles. The first-order chi connectivity index (χ1) is 7.36. The lowest BCUT2D eigenvalue weighted by Gasteiger charge is -1.97. The van der Waals surface area contributed by atoms with Crippen molar-refractivity contribution in [2.75, 3.05) is 0 Å². The number of benzene rings is 1. The van der Waals surface area contributed by atoms with Gasteiger partial charge in [0.25, 0.3) is 0 Å². The number of hydrogen-bond donors (Lipinski definition) is 0. The minimum Gasteiger partial charge on any atom is -0.150 e. The number of hydrogen-bond acceptors (Lipinski definition) is 2. The third kappa shape index (κ3) is 1.62. The van der Waals surface area contributed by atoms with Gasteiger partial charge in [0.15, 0.2) is 0 Å². The molecule has 0 saturated carbocycles. The van der Waals surface area contributed by atoms with E-state index in [0.717, 1.165) is 0 Å². The normalized spacial score (nSPS) is 11.0. The fourth-order valence-corrected chi connectivity index (χ4v) is 5.14. The molecule has 0 atom stereocenters. The molecule has 15 heavy (non-hydrogen) atoms. The molecule has 0 spiro atoms. The molecule has 74 valence electrons. The molecule has 0 nitrogen and oxygen atoms in total. The summed E-state index contributed by atoms with van der Waals surface area (Å²) in [5.74, 6) is 0. The van der Waals surface area contributed by atoms with E-state index in [1.165, 1.54) is 24.1 Å². The van der Waals surface area contributed by atoms with E-state index in [1.54, 1.807) is 11.3 Å². The Morgan fingerprint density at radius 1 is 1.00 bits per heavy atom. The van der Waals surface area contributed by atoms with Crippen molar-refractivity contribution in [1.29, 1.82) is 0 Å². The van der Waals surface area contributed by atoms with Crippen molar-refractivity contribution in [2.45, 2.75) is 0 Å². The second kappa shape index (κ2) is 3.88. The summed E-state index contributed by atoms with van der Waals surface area (Å²) in [6.07, 6.45) is 0. The molecule has 3 heteroatoms. The van der Waals surface area contributed by atoms with E-state index in [4.69, 9.17) is 0 Å². The van der Waals surface area contributed by atoms with Crippen molar-refractivity contribution < 1.29 is 0 Å². The Morgan fingerprint density at radius 3 is 2.53 bits per heavy atom. The summed E-state index contributed by atoms with van der Waals surface area (Å²) in [5.41, 5.74) is 1.33. The fraction of sp³-hybridized carbons (Fsp3) is 0. The van der Waals surface area contributed by atoms with E-state index in [2.05, 4.69) is 63.7 Å². The van der Waals surface area contributed by atoms with Crippen LogP contribution in [-0.2, 0) is 0 Å². The summed E-state index contributed by atoms with van der Waals surface area (Å²) in [6.45, 7) is 0. The van der Waals surface area contributed by atoms with Gasteiger partial charge in [-0.1, -0.05) is 30.3 Å². The van der Waals surface area contributed by atoms with E-state index in [0.29, 0.717) is 0 Å². The number of thiophene rings is 2. The predicted octanol–water partition coefficient (Wildman–Crippen LogP) is 5.23. The van der Waals surface area contributed by atoms with Crippen LogP contribution in [0.1, 0.15) is 0 Å². The van der Waals surface area contributed by atoms with E-state index < -0.39 is 0 Å². The summed E-state index contributed by atoms with van der Waals surface area (Å²) in [5, 5.41) is 5.87. The van der Waals surface area contributed by atoms with Crippen LogP contribution < -0.4 is 0 Å². The lowest BCUT2D eigenvalue weighted by Crippen LogP contribution is -1.73. The van der Waals surface area contributed by atoms with Gasteiger partial charge in [0, 0.05) is 29.3 Å². The van der Waals surface area contributed by atoms with Gasteiger partial charge in [0.2, 0.25) is 0 Å². The highest BCUT2D eigenvalue weighted by Crippen LogP contribution is 2.40. The smallest absolute Gasteiger partial charge is 0.0489 e. The van der Waals surface area contributed by atoms with Gasteiger partial charge in [-0.05, 0) is 28.2 Å². The lowest BCUT2D eigenvalue weighted by atomic mass is 10.2. The average molecular weight is 342 g/mol. The molecule has 3 aromatic rings. The molecule has 1 aromatic carbocycles. The summed E-state index contributed by atoms with van der Waals surface area (Å²) in [6, 6.07) is 10.6. The molecular weight excluding hydrogens is 335 g/mol. The van der Waals surface area contributed by atoms with Crippen molar-refractivity contribution in [3.8, 4) is 10.4 Å². The van der Waals surface area contributed by atoms with Crippen LogP contribution in [0.5, 0.6) is 0 Å². The fourth-order valence-electron chi connectivity index (χ4n) is 1.58. The number of halogens is 1. The van der Waals surface area contributed by atoms with Crippen molar-refractivity contribution in [3.05, 3.63) is 44.7 Å². The van der Waals surface area contributed by atoms with Gasteiger partial charge in [-0.2, -0.15) is 11.3 Å². The van der Waals surface area contributed by atoms with Gasteiger partial charge >= 0.3 is 0 Å². The molecule has 0 saturated heterocycles. The molecule has 0 N–H and O–H groups in total. The molecule has 0 bridgehead atoms. The average Bonchev–Trinajstić information content (AvgIpc) is 2.83. The van der Waals surface area contributed by atoms with Crippen molar-refractivity contribution in [3.63, 3.8) is 0 Å². The molecule has 0 aliphatic carbocycles. The van der Waals surface area contributed by atoms with E-state index in [1.807, 2.05) is 11.3 Å². The van der Waals surface area contributed by atoms with Crippen LogP contribution in [-0.4, -0.2) is 0 Å². The summed E-state index contributed by atoms with van der Waals surface area (Å²) in [7, 11) is 0. The van der Waals surface area contributed by atoms with Crippen LogP contribution in [0.3, 0.4) is 0 Å². The largest absolute Gasteiger partial charge is 0.150 e. The Bertz CT molecular complexity index is 592. The molecule has 0 unspecified atom stereocenters. The zero-order chi connectivity index (χ0) is 10.3. The second-order valence-electron chi connectivity index (χ2n) is 3.26. The molecule has 0 aliphatic rings. The monoisotopic (exact) mass is 342 g/mol. The van der Waals surface area contributed by atoms with Crippen LogP contribution in [0.4, 0.5) is 0 Å². The van der Waals surface area contributed by atoms with Gasteiger partial charge in [-0.15, -0.1) is 11.3 Å². The Morgan fingerprint density at radius 2 is 1.80 bits per heavy atom. The Labute approximate surface area is 110 Å². The number of fused-ring (bicyclic) bond motifs is 1. The van der Waals surface area contributed by atoms with Crippen molar-refractivity contribution >= 4 is 55.4 Å². The summed E-state index contributed by atoms with van der Waals surface area (Å²) >= 11 is 6.12. The van der Waals surface area contributed by atoms with Gasteiger partial charge in [0.1, 0.15) is 0 Å². The molecule has 0 fully saturated rings. The van der Waals surface area contributed by atoms with Crippen molar-refractivity contribution in [2.24, 2.45) is 0 Å². The SMILES string of the molecule is Ic1c(-c2ccccc2)sc2cscc12. The first-order valence-corrected chi connectivity index (χ1v) is 7.39. The van der Waals surface area contributed by atoms with E-state index in [-0.39, 0.29) is 0 Å². The molecule has 2 aromatic heterocycles. The van der Waals surface area contributed by atoms with E-state index in [9.17, 15) is 0 Å². The maximum Gasteiger partial charge on any atom is 0.0489 e. The van der Waals surface area contributed by atoms with Gasteiger partial charge in [-0.3, -0.25) is 0 Å².